The molecule has 1 aliphatic rings. The van der Waals surface area contributed by atoms with Gasteiger partial charge in [0.05, 0.1) is 10.5 Å². The van der Waals surface area contributed by atoms with Gasteiger partial charge in [-0.15, -0.1) is 12.4 Å². The third-order valence-electron chi connectivity index (χ3n) is 4.85. The Morgan fingerprint density at radius 1 is 1.34 bits per heavy atom. The van der Waals surface area contributed by atoms with Crippen LogP contribution in [0.15, 0.2) is 29.2 Å². The van der Waals surface area contributed by atoms with Gasteiger partial charge in [0.25, 0.3) is 0 Å². The van der Waals surface area contributed by atoms with Crippen molar-refractivity contribution in [2.24, 2.45) is 17.6 Å². The van der Waals surface area contributed by atoms with E-state index in [-0.39, 0.29) is 30.2 Å². The lowest BCUT2D eigenvalue weighted by molar-refractivity contribution is -0.138. The Morgan fingerprint density at radius 3 is 2.55 bits per heavy atom. The molecule has 1 amide bonds. The first kappa shape index (κ1) is 25.7. The molecule has 2 rings (SSSR count). The van der Waals surface area contributed by atoms with E-state index in [2.05, 4.69) is 4.72 Å². The number of halogens is 4. The van der Waals surface area contributed by atoms with E-state index in [0.29, 0.717) is 25.7 Å². The maximum absolute atomic E-state index is 12.9. The van der Waals surface area contributed by atoms with Gasteiger partial charge in [-0.05, 0) is 49.4 Å². The quantitative estimate of drug-likeness (QED) is 0.686. The number of piperidine rings is 1. The molecule has 166 valence electrons. The van der Waals surface area contributed by atoms with E-state index in [1.165, 1.54) is 0 Å². The van der Waals surface area contributed by atoms with Gasteiger partial charge in [-0.3, -0.25) is 4.79 Å². The Hall–Kier alpha value is -1.36. The van der Waals surface area contributed by atoms with Crippen LogP contribution in [0.3, 0.4) is 0 Å². The molecule has 1 aliphatic heterocycles. The smallest absolute Gasteiger partial charge is 0.341 e. The molecule has 0 bridgehead atoms. The van der Waals surface area contributed by atoms with Gasteiger partial charge < -0.3 is 10.6 Å². The van der Waals surface area contributed by atoms with Crippen LogP contribution in [-0.4, -0.2) is 44.9 Å². The van der Waals surface area contributed by atoms with E-state index >= 15 is 0 Å². The van der Waals surface area contributed by atoms with Crippen molar-refractivity contribution in [2.45, 2.75) is 43.8 Å². The molecule has 0 saturated carbocycles. The number of hydrogen-bond acceptors (Lipinski definition) is 4. The highest BCUT2D eigenvalue weighted by molar-refractivity contribution is 7.89. The number of nitrogens with one attached hydrogen (secondary N) is 1. The van der Waals surface area contributed by atoms with Crippen molar-refractivity contribution < 1.29 is 26.4 Å². The number of carbonyl (C=O) groups is 1. The van der Waals surface area contributed by atoms with Crippen molar-refractivity contribution >= 4 is 28.3 Å². The van der Waals surface area contributed by atoms with Crippen LogP contribution in [0.2, 0.25) is 0 Å². The summed E-state index contributed by atoms with van der Waals surface area (Å²) in [6.45, 7) is 4.75. The van der Waals surface area contributed by atoms with E-state index in [9.17, 15) is 26.4 Å². The number of benzene rings is 1. The summed E-state index contributed by atoms with van der Waals surface area (Å²) in [5, 5.41) is 0. The number of hydrogen-bond donors (Lipinski definition) is 2. The third-order valence-corrected chi connectivity index (χ3v) is 6.29. The van der Waals surface area contributed by atoms with Gasteiger partial charge in [0.2, 0.25) is 15.9 Å². The van der Waals surface area contributed by atoms with Crippen LogP contribution >= 0.6 is 12.4 Å². The zero-order valence-corrected chi connectivity index (χ0v) is 17.9. The van der Waals surface area contributed by atoms with Gasteiger partial charge >= 0.3 is 6.18 Å². The Kier molecular flexibility index (Phi) is 8.94. The van der Waals surface area contributed by atoms with Crippen molar-refractivity contribution in [3.63, 3.8) is 0 Å². The number of nitrogens with two attached hydrogens (primary N) is 1. The summed E-state index contributed by atoms with van der Waals surface area (Å²) >= 11 is 0. The van der Waals surface area contributed by atoms with Gasteiger partial charge in [-0.25, -0.2) is 8.42 Å². The van der Waals surface area contributed by atoms with Crippen LogP contribution in [0.25, 0.3) is 0 Å². The first-order valence-electron chi connectivity index (χ1n) is 9.14. The molecule has 1 aromatic rings. The summed E-state index contributed by atoms with van der Waals surface area (Å²) in [5.41, 5.74) is 4.62. The lowest BCUT2D eigenvalue weighted by Gasteiger charge is -2.35. The van der Waals surface area contributed by atoms with E-state index in [0.717, 1.165) is 31.0 Å². The Bertz CT molecular complexity index is 803. The fraction of sp³-hybridized carbons (Fsp3) is 0.611. The highest BCUT2D eigenvalue weighted by atomic mass is 35.5. The fourth-order valence-electron chi connectivity index (χ4n) is 3.20. The molecule has 1 fully saturated rings. The van der Waals surface area contributed by atoms with Crippen LogP contribution in [0, 0.1) is 11.8 Å². The van der Waals surface area contributed by atoms with Gasteiger partial charge in [0.15, 0.2) is 0 Å². The van der Waals surface area contributed by atoms with E-state index in [4.69, 9.17) is 5.73 Å². The zero-order valence-electron chi connectivity index (χ0n) is 16.3. The van der Waals surface area contributed by atoms with Gasteiger partial charge in [-0.2, -0.15) is 17.9 Å². The minimum absolute atomic E-state index is 0. The van der Waals surface area contributed by atoms with Crippen molar-refractivity contribution in [1.82, 2.24) is 9.62 Å². The summed E-state index contributed by atoms with van der Waals surface area (Å²) in [6, 6.07) is 2.39. The molecule has 1 heterocycles. The fourth-order valence-corrected chi connectivity index (χ4v) is 4.58. The van der Waals surface area contributed by atoms with E-state index in [1.807, 2.05) is 0 Å². The second kappa shape index (κ2) is 10.1. The number of alkyl halides is 3. The molecule has 0 radical (unpaired) electrons. The average molecular weight is 458 g/mol. The largest absolute Gasteiger partial charge is 0.416 e. The predicted octanol–water partition coefficient (Wildman–Crippen LogP) is 2.63. The molecule has 2 unspecified atom stereocenters. The molecule has 1 saturated heterocycles. The average Bonchev–Trinajstić information content (AvgIpc) is 2.65. The predicted molar refractivity (Wildman–Crippen MR) is 106 cm³/mol. The zero-order chi connectivity index (χ0) is 21.1. The molecular formula is C18H27ClF3N3O3S. The second-order valence-electron chi connectivity index (χ2n) is 7.40. The van der Waals surface area contributed by atoms with Gasteiger partial charge in [-0.1, -0.05) is 19.9 Å². The molecule has 0 spiro atoms. The van der Waals surface area contributed by atoms with Crippen LogP contribution < -0.4 is 10.5 Å². The number of sulfonamides is 1. The molecule has 29 heavy (non-hydrogen) atoms. The van der Waals surface area contributed by atoms with Crippen LogP contribution in [-0.2, 0) is 21.0 Å². The molecule has 0 aliphatic carbocycles. The maximum Gasteiger partial charge on any atom is 0.416 e. The minimum Gasteiger partial charge on any atom is -0.341 e. The molecule has 6 nitrogen and oxygen atoms in total. The maximum atomic E-state index is 12.9. The summed E-state index contributed by atoms with van der Waals surface area (Å²) in [5.74, 6) is -0.611. The summed E-state index contributed by atoms with van der Waals surface area (Å²) in [7, 11) is -4.31. The molecule has 2 atom stereocenters. The standard InChI is InChI=1S/C18H26F3N3O3S.ClH/c1-12(2)16(17(25)24-8-4-5-13(10-22)11-24)23-28(26,27)15-7-3-6-14(9-15)18(19,20)21;/h3,6-7,9,12-13,16,23H,4-5,8,10-11,22H2,1-2H3;1H. The molecular weight excluding hydrogens is 431 g/mol. The number of amides is 1. The van der Waals surface area contributed by atoms with Crippen molar-refractivity contribution in [1.29, 1.82) is 0 Å². The number of carbonyl (C=O) groups excluding carboxylic acids is 1. The second-order valence-corrected chi connectivity index (χ2v) is 9.11. The first-order chi connectivity index (χ1) is 13.0. The third kappa shape index (κ3) is 6.56. The van der Waals surface area contributed by atoms with E-state index in [1.54, 1.807) is 18.7 Å². The number of nitrogens with zero attached hydrogens (tertiary/aromatic N) is 1. The van der Waals surface area contributed by atoms with Gasteiger partial charge in [0, 0.05) is 13.1 Å². The Balaban J connectivity index is 0.00000420. The normalized spacial score (nSPS) is 19.0. The van der Waals surface area contributed by atoms with Crippen LogP contribution in [0.1, 0.15) is 32.3 Å². The summed E-state index contributed by atoms with van der Waals surface area (Å²) in [4.78, 5) is 14.0. The lowest BCUT2D eigenvalue weighted by atomic mass is 9.96. The number of likely N-dealkylation sites (tertiary alicyclic amines) is 1. The summed E-state index contributed by atoms with van der Waals surface area (Å²) in [6.07, 6.45) is -2.98. The van der Waals surface area contributed by atoms with E-state index < -0.39 is 32.7 Å². The van der Waals surface area contributed by atoms with Crippen molar-refractivity contribution in [2.75, 3.05) is 19.6 Å². The Morgan fingerprint density at radius 2 is 2.00 bits per heavy atom. The highest BCUT2D eigenvalue weighted by Gasteiger charge is 2.35. The number of rotatable bonds is 6. The lowest BCUT2D eigenvalue weighted by Crippen LogP contribution is -2.53. The molecule has 11 heteroatoms. The Labute approximate surface area is 175 Å². The topological polar surface area (TPSA) is 92.5 Å². The van der Waals surface area contributed by atoms with Crippen LogP contribution in [0.5, 0.6) is 0 Å². The molecule has 3 N–H and O–H groups in total. The molecule has 0 aromatic heterocycles. The minimum atomic E-state index is -4.66. The summed E-state index contributed by atoms with van der Waals surface area (Å²) < 4.78 is 66.3. The van der Waals surface area contributed by atoms with Gasteiger partial charge in [0.1, 0.15) is 6.04 Å². The monoisotopic (exact) mass is 457 g/mol. The highest BCUT2D eigenvalue weighted by Crippen LogP contribution is 2.30. The van der Waals surface area contributed by atoms with Crippen LogP contribution in [0.4, 0.5) is 13.2 Å². The first-order valence-corrected chi connectivity index (χ1v) is 10.6. The molecule has 1 aromatic carbocycles. The SMILES string of the molecule is CC(C)C(NS(=O)(=O)c1cccc(C(F)(F)F)c1)C(=O)N1CCCC(CN)C1.Cl. The van der Waals surface area contributed by atoms with Crippen molar-refractivity contribution in [3.8, 4) is 0 Å². The van der Waals surface area contributed by atoms with Crippen molar-refractivity contribution in [3.05, 3.63) is 29.8 Å².